The minimum Gasteiger partial charge on any atom is -0.465 e. The average molecular weight is 288 g/mol. The van der Waals surface area contributed by atoms with Crippen LogP contribution < -0.4 is 5.32 Å². The number of amides is 1. The predicted molar refractivity (Wildman–Crippen MR) is 75.6 cm³/mol. The van der Waals surface area contributed by atoms with Gasteiger partial charge in [0, 0.05) is 5.56 Å². The number of oxazole rings is 1. The van der Waals surface area contributed by atoms with Crippen molar-refractivity contribution in [3.05, 3.63) is 41.8 Å². The first-order valence-electron chi connectivity index (χ1n) is 6.58. The van der Waals surface area contributed by atoms with Crippen LogP contribution in [0.15, 0.2) is 34.7 Å². The van der Waals surface area contributed by atoms with Crippen LogP contribution in [0.4, 0.5) is 0 Å². The third kappa shape index (κ3) is 3.68. The highest BCUT2D eigenvalue weighted by Gasteiger charge is 2.18. The molecule has 0 unspecified atom stereocenters. The van der Waals surface area contributed by atoms with Crippen molar-refractivity contribution < 1.29 is 18.7 Å². The van der Waals surface area contributed by atoms with Crippen molar-refractivity contribution in [2.75, 3.05) is 13.2 Å². The first kappa shape index (κ1) is 14.8. The van der Waals surface area contributed by atoms with E-state index in [9.17, 15) is 9.59 Å². The van der Waals surface area contributed by atoms with Crippen LogP contribution in [0.2, 0.25) is 0 Å². The Morgan fingerprint density at radius 2 is 2.00 bits per heavy atom. The predicted octanol–water partition coefficient (Wildman–Crippen LogP) is 1.94. The number of carbonyl (C=O) groups is 2. The number of aromatic nitrogens is 1. The summed E-state index contributed by atoms with van der Waals surface area (Å²) in [5.74, 6) is -0.519. The molecule has 6 heteroatoms. The number of nitrogens with one attached hydrogen (secondary N) is 1. The van der Waals surface area contributed by atoms with Crippen LogP contribution in [0.5, 0.6) is 0 Å². The van der Waals surface area contributed by atoms with Gasteiger partial charge in [0.1, 0.15) is 6.54 Å². The van der Waals surface area contributed by atoms with Gasteiger partial charge in [-0.3, -0.25) is 9.59 Å². The van der Waals surface area contributed by atoms with Gasteiger partial charge >= 0.3 is 5.97 Å². The molecule has 2 rings (SSSR count). The average Bonchev–Trinajstić information content (AvgIpc) is 2.88. The fourth-order valence-corrected chi connectivity index (χ4v) is 1.76. The summed E-state index contributed by atoms with van der Waals surface area (Å²) in [5.41, 5.74) is 1.25. The molecule has 1 amide bonds. The second-order valence-electron chi connectivity index (χ2n) is 4.29. The molecule has 1 aromatic carbocycles. The van der Waals surface area contributed by atoms with E-state index in [1.165, 1.54) is 0 Å². The topological polar surface area (TPSA) is 81.4 Å². The van der Waals surface area contributed by atoms with Gasteiger partial charge in [0.25, 0.3) is 5.91 Å². The van der Waals surface area contributed by atoms with E-state index in [0.717, 1.165) is 5.56 Å². The number of carbonyl (C=O) groups excluding carboxylic acids is 2. The number of hydrogen-bond acceptors (Lipinski definition) is 5. The van der Waals surface area contributed by atoms with Gasteiger partial charge in [-0.1, -0.05) is 18.2 Å². The zero-order valence-electron chi connectivity index (χ0n) is 11.9. The smallest absolute Gasteiger partial charge is 0.325 e. The third-order valence-corrected chi connectivity index (χ3v) is 2.72. The van der Waals surface area contributed by atoms with Crippen molar-refractivity contribution in [1.29, 1.82) is 0 Å². The Labute approximate surface area is 122 Å². The van der Waals surface area contributed by atoms with Crippen molar-refractivity contribution in [2.24, 2.45) is 0 Å². The minimum absolute atomic E-state index is 0.0955. The van der Waals surface area contributed by atoms with Gasteiger partial charge in [0.15, 0.2) is 0 Å². The van der Waals surface area contributed by atoms with Crippen molar-refractivity contribution in [3.8, 4) is 11.5 Å². The molecule has 6 nitrogen and oxygen atoms in total. The Morgan fingerprint density at radius 3 is 2.67 bits per heavy atom. The standard InChI is InChI=1S/C15H16N2O4/c1-3-20-12(18)9-16-14(19)13-10(2)17-15(21-13)11-7-5-4-6-8-11/h4-8H,3,9H2,1-2H3,(H,16,19). The quantitative estimate of drug-likeness (QED) is 0.850. The van der Waals surface area contributed by atoms with Gasteiger partial charge in [-0.15, -0.1) is 0 Å². The van der Waals surface area contributed by atoms with Crippen LogP contribution >= 0.6 is 0 Å². The maximum Gasteiger partial charge on any atom is 0.325 e. The van der Waals surface area contributed by atoms with E-state index in [1.54, 1.807) is 13.8 Å². The zero-order valence-corrected chi connectivity index (χ0v) is 11.9. The van der Waals surface area contributed by atoms with Crippen LogP contribution in [-0.4, -0.2) is 30.0 Å². The Bertz CT molecular complexity index is 634. The van der Waals surface area contributed by atoms with Crippen molar-refractivity contribution >= 4 is 11.9 Å². The monoisotopic (exact) mass is 288 g/mol. The van der Waals surface area contributed by atoms with E-state index in [0.29, 0.717) is 11.6 Å². The number of ether oxygens (including phenoxy) is 1. The van der Waals surface area contributed by atoms with Crippen LogP contribution in [0.1, 0.15) is 23.2 Å². The molecule has 0 fully saturated rings. The first-order chi connectivity index (χ1) is 10.1. The van der Waals surface area contributed by atoms with E-state index < -0.39 is 11.9 Å². The number of esters is 1. The summed E-state index contributed by atoms with van der Waals surface area (Å²) < 4.78 is 10.2. The zero-order chi connectivity index (χ0) is 15.2. The highest BCUT2D eigenvalue weighted by Crippen LogP contribution is 2.21. The number of rotatable bonds is 5. The number of benzene rings is 1. The molecule has 0 aliphatic rings. The van der Waals surface area contributed by atoms with E-state index in [1.807, 2.05) is 30.3 Å². The molecular weight excluding hydrogens is 272 g/mol. The second-order valence-corrected chi connectivity index (χ2v) is 4.29. The van der Waals surface area contributed by atoms with Crippen molar-refractivity contribution in [3.63, 3.8) is 0 Å². The van der Waals surface area contributed by atoms with Gasteiger partial charge in [-0.2, -0.15) is 0 Å². The summed E-state index contributed by atoms with van der Waals surface area (Å²) >= 11 is 0. The molecular formula is C15H16N2O4. The van der Waals surface area contributed by atoms with Crippen molar-refractivity contribution in [2.45, 2.75) is 13.8 Å². The molecule has 21 heavy (non-hydrogen) atoms. The third-order valence-electron chi connectivity index (χ3n) is 2.72. The highest BCUT2D eigenvalue weighted by atomic mass is 16.5. The van der Waals surface area contributed by atoms with Gasteiger partial charge < -0.3 is 14.5 Å². The molecule has 110 valence electrons. The molecule has 1 aromatic heterocycles. The summed E-state index contributed by atoms with van der Waals surface area (Å²) in [4.78, 5) is 27.4. The maximum atomic E-state index is 12.0. The second kappa shape index (κ2) is 6.69. The molecule has 0 aliphatic heterocycles. The van der Waals surface area contributed by atoms with Gasteiger partial charge in [-0.25, -0.2) is 4.98 Å². The SMILES string of the molecule is CCOC(=O)CNC(=O)c1oc(-c2ccccc2)nc1C. The van der Waals surface area contributed by atoms with E-state index in [-0.39, 0.29) is 18.9 Å². The number of hydrogen-bond donors (Lipinski definition) is 1. The van der Waals surface area contributed by atoms with Gasteiger partial charge in [0.05, 0.1) is 12.3 Å². The highest BCUT2D eigenvalue weighted by molar-refractivity contribution is 5.94. The summed E-state index contributed by atoms with van der Waals surface area (Å²) in [7, 11) is 0. The Kier molecular flexibility index (Phi) is 4.71. The molecule has 0 atom stereocenters. The largest absolute Gasteiger partial charge is 0.465 e. The fourth-order valence-electron chi connectivity index (χ4n) is 1.76. The summed E-state index contributed by atoms with van der Waals surface area (Å²) in [6.07, 6.45) is 0. The molecule has 2 aromatic rings. The lowest BCUT2D eigenvalue weighted by Gasteiger charge is -2.03. The lowest BCUT2D eigenvalue weighted by atomic mass is 10.2. The van der Waals surface area contributed by atoms with Crippen LogP contribution in [0.25, 0.3) is 11.5 Å². The lowest BCUT2D eigenvalue weighted by Crippen LogP contribution is -2.30. The Hall–Kier alpha value is -2.63. The molecule has 1 N–H and O–H groups in total. The van der Waals surface area contributed by atoms with Gasteiger partial charge in [0.2, 0.25) is 11.7 Å². The van der Waals surface area contributed by atoms with Gasteiger partial charge in [-0.05, 0) is 26.0 Å². The normalized spacial score (nSPS) is 10.2. The summed E-state index contributed by atoms with van der Waals surface area (Å²) in [6, 6.07) is 9.27. The maximum absolute atomic E-state index is 12.0. The molecule has 0 saturated carbocycles. The Balaban J connectivity index is 2.09. The van der Waals surface area contributed by atoms with Crippen LogP contribution in [0, 0.1) is 6.92 Å². The summed E-state index contributed by atoms with van der Waals surface area (Å²) in [5, 5.41) is 2.44. The molecule has 0 saturated heterocycles. The van der Waals surface area contributed by atoms with Crippen LogP contribution in [-0.2, 0) is 9.53 Å². The van der Waals surface area contributed by atoms with Crippen LogP contribution in [0.3, 0.4) is 0 Å². The van der Waals surface area contributed by atoms with E-state index >= 15 is 0 Å². The summed E-state index contributed by atoms with van der Waals surface area (Å²) in [6.45, 7) is 3.45. The Morgan fingerprint density at radius 1 is 1.29 bits per heavy atom. The molecule has 0 aliphatic carbocycles. The number of aryl methyl sites for hydroxylation is 1. The molecule has 0 bridgehead atoms. The van der Waals surface area contributed by atoms with E-state index in [4.69, 9.17) is 9.15 Å². The molecule has 0 spiro atoms. The van der Waals surface area contributed by atoms with Crippen molar-refractivity contribution in [1.82, 2.24) is 10.3 Å². The lowest BCUT2D eigenvalue weighted by molar-refractivity contribution is -0.141. The number of nitrogens with zero attached hydrogens (tertiary/aromatic N) is 1. The van der Waals surface area contributed by atoms with E-state index in [2.05, 4.69) is 10.3 Å². The minimum atomic E-state index is -0.494. The molecule has 1 heterocycles. The fraction of sp³-hybridized carbons (Fsp3) is 0.267. The first-order valence-corrected chi connectivity index (χ1v) is 6.58. The molecule has 0 radical (unpaired) electrons.